The van der Waals surface area contributed by atoms with Gasteiger partial charge in [0.25, 0.3) is 0 Å². The monoisotopic (exact) mass is 293 g/mol. The smallest absolute Gasteiger partial charge is 0.208 e. The van der Waals surface area contributed by atoms with Crippen LogP contribution in [0.3, 0.4) is 0 Å². The molecule has 1 N–H and O–H groups in total. The maximum absolute atomic E-state index is 12.9. The minimum Gasteiger partial charge on any atom is -0.396 e. The summed E-state index contributed by atoms with van der Waals surface area (Å²) >= 11 is 1.57. The van der Waals surface area contributed by atoms with E-state index in [1.807, 2.05) is 0 Å². The van der Waals surface area contributed by atoms with Gasteiger partial charge in [-0.1, -0.05) is 23.5 Å². The van der Waals surface area contributed by atoms with Crippen LogP contribution >= 0.6 is 11.3 Å². The number of anilines is 1. The molecule has 1 saturated heterocycles. The standard InChI is InChI=1S/C14H16FN3OS/c15-12-3-1-10(2-4-12)7-13-16-17-14(20-13)18-6-5-11(8-18)9-19/h1-4,11,19H,5-9H2. The van der Waals surface area contributed by atoms with Crippen LogP contribution in [0.2, 0.25) is 0 Å². The Kier molecular flexibility index (Phi) is 3.93. The van der Waals surface area contributed by atoms with E-state index in [2.05, 4.69) is 15.1 Å². The quantitative estimate of drug-likeness (QED) is 0.938. The number of aliphatic hydroxyl groups is 1. The molecule has 3 rings (SSSR count). The summed E-state index contributed by atoms with van der Waals surface area (Å²) < 4.78 is 12.9. The highest BCUT2D eigenvalue weighted by molar-refractivity contribution is 7.15. The summed E-state index contributed by atoms with van der Waals surface area (Å²) in [6.07, 6.45) is 1.68. The summed E-state index contributed by atoms with van der Waals surface area (Å²) in [7, 11) is 0. The number of aromatic nitrogens is 2. The summed E-state index contributed by atoms with van der Waals surface area (Å²) in [4.78, 5) is 2.17. The second kappa shape index (κ2) is 5.85. The predicted octanol–water partition coefficient (Wildman–Crippen LogP) is 2.09. The van der Waals surface area contributed by atoms with Crippen molar-refractivity contribution in [2.45, 2.75) is 12.8 Å². The Morgan fingerprint density at radius 3 is 2.80 bits per heavy atom. The molecule has 1 aromatic heterocycles. The van der Waals surface area contributed by atoms with Gasteiger partial charge in [0.1, 0.15) is 10.8 Å². The number of nitrogens with zero attached hydrogens (tertiary/aromatic N) is 3. The number of hydrogen-bond acceptors (Lipinski definition) is 5. The van der Waals surface area contributed by atoms with Crippen LogP contribution in [0.15, 0.2) is 24.3 Å². The van der Waals surface area contributed by atoms with E-state index in [9.17, 15) is 4.39 Å². The summed E-state index contributed by atoms with van der Waals surface area (Å²) in [5.74, 6) is 0.123. The summed E-state index contributed by atoms with van der Waals surface area (Å²) in [5, 5.41) is 19.4. The molecule has 2 heterocycles. The average Bonchev–Trinajstić information content (AvgIpc) is 3.10. The lowest BCUT2D eigenvalue weighted by Crippen LogP contribution is -2.20. The third-order valence-electron chi connectivity index (χ3n) is 3.54. The van der Waals surface area contributed by atoms with Gasteiger partial charge < -0.3 is 10.0 Å². The van der Waals surface area contributed by atoms with Crippen molar-refractivity contribution in [1.82, 2.24) is 10.2 Å². The molecular formula is C14H16FN3OS. The zero-order valence-corrected chi connectivity index (χ0v) is 11.8. The lowest BCUT2D eigenvalue weighted by molar-refractivity contribution is 0.238. The fraction of sp³-hybridized carbons (Fsp3) is 0.429. The van der Waals surface area contributed by atoms with Crippen molar-refractivity contribution in [2.24, 2.45) is 5.92 Å². The van der Waals surface area contributed by atoms with E-state index in [1.54, 1.807) is 23.5 Å². The molecule has 1 aliphatic rings. The molecule has 20 heavy (non-hydrogen) atoms. The fourth-order valence-electron chi connectivity index (χ4n) is 2.38. The highest BCUT2D eigenvalue weighted by Gasteiger charge is 2.24. The van der Waals surface area contributed by atoms with Crippen molar-refractivity contribution in [2.75, 3.05) is 24.6 Å². The predicted molar refractivity (Wildman–Crippen MR) is 76.5 cm³/mol. The van der Waals surface area contributed by atoms with Gasteiger partial charge in [-0.2, -0.15) is 0 Å². The number of benzene rings is 1. The summed E-state index contributed by atoms with van der Waals surface area (Å²) in [6.45, 7) is 2.01. The van der Waals surface area contributed by atoms with Crippen LogP contribution in [-0.4, -0.2) is 35.0 Å². The van der Waals surface area contributed by atoms with Gasteiger partial charge in [0.15, 0.2) is 0 Å². The molecule has 106 valence electrons. The molecule has 4 nitrogen and oxygen atoms in total. The maximum Gasteiger partial charge on any atom is 0.208 e. The maximum atomic E-state index is 12.9. The molecule has 0 amide bonds. The Morgan fingerprint density at radius 1 is 1.30 bits per heavy atom. The highest BCUT2D eigenvalue weighted by Crippen LogP contribution is 2.27. The molecule has 1 aromatic carbocycles. The van der Waals surface area contributed by atoms with Crippen molar-refractivity contribution >= 4 is 16.5 Å². The minimum atomic E-state index is -0.223. The van der Waals surface area contributed by atoms with E-state index in [4.69, 9.17) is 5.11 Å². The van der Waals surface area contributed by atoms with E-state index < -0.39 is 0 Å². The summed E-state index contributed by atoms with van der Waals surface area (Å²) in [5.41, 5.74) is 1.03. The molecule has 1 unspecified atom stereocenters. The van der Waals surface area contributed by atoms with E-state index in [0.717, 1.165) is 35.2 Å². The number of hydrogen-bond donors (Lipinski definition) is 1. The average molecular weight is 293 g/mol. The number of rotatable bonds is 4. The van der Waals surface area contributed by atoms with Crippen LogP contribution in [0.5, 0.6) is 0 Å². The van der Waals surface area contributed by atoms with Crippen molar-refractivity contribution in [3.63, 3.8) is 0 Å². The molecule has 0 bridgehead atoms. The minimum absolute atomic E-state index is 0.223. The molecule has 0 aliphatic carbocycles. The largest absolute Gasteiger partial charge is 0.396 e. The van der Waals surface area contributed by atoms with Crippen molar-refractivity contribution in [3.8, 4) is 0 Å². The molecule has 6 heteroatoms. The third kappa shape index (κ3) is 2.96. The van der Waals surface area contributed by atoms with Crippen LogP contribution in [0.4, 0.5) is 9.52 Å². The topological polar surface area (TPSA) is 49.2 Å². The highest BCUT2D eigenvalue weighted by atomic mass is 32.1. The zero-order valence-electron chi connectivity index (χ0n) is 11.0. The van der Waals surface area contributed by atoms with E-state index in [1.165, 1.54) is 12.1 Å². The van der Waals surface area contributed by atoms with Gasteiger partial charge >= 0.3 is 0 Å². The lowest BCUT2D eigenvalue weighted by atomic mass is 10.1. The van der Waals surface area contributed by atoms with Crippen molar-refractivity contribution in [3.05, 3.63) is 40.7 Å². The molecule has 0 spiro atoms. The van der Waals surface area contributed by atoms with Crippen LogP contribution in [0.1, 0.15) is 17.0 Å². The van der Waals surface area contributed by atoms with Crippen LogP contribution < -0.4 is 4.90 Å². The Morgan fingerprint density at radius 2 is 2.10 bits per heavy atom. The van der Waals surface area contributed by atoms with Crippen molar-refractivity contribution in [1.29, 1.82) is 0 Å². The van der Waals surface area contributed by atoms with Gasteiger partial charge in [-0.15, -0.1) is 10.2 Å². The van der Waals surface area contributed by atoms with E-state index >= 15 is 0 Å². The first kappa shape index (κ1) is 13.5. The molecule has 0 saturated carbocycles. The van der Waals surface area contributed by atoms with Gasteiger partial charge in [0, 0.05) is 32.0 Å². The Labute approximate surface area is 120 Å². The lowest BCUT2D eigenvalue weighted by Gasteiger charge is -2.12. The van der Waals surface area contributed by atoms with Gasteiger partial charge in [-0.25, -0.2) is 4.39 Å². The van der Waals surface area contributed by atoms with Crippen molar-refractivity contribution < 1.29 is 9.50 Å². The molecule has 2 aromatic rings. The van der Waals surface area contributed by atoms with Gasteiger partial charge in [0.2, 0.25) is 5.13 Å². The fourth-order valence-corrected chi connectivity index (χ4v) is 3.28. The van der Waals surface area contributed by atoms with Crippen LogP contribution in [0, 0.1) is 11.7 Å². The van der Waals surface area contributed by atoms with E-state index in [-0.39, 0.29) is 12.4 Å². The summed E-state index contributed by atoms with van der Waals surface area (Å²) in [6, 6.07) is 6.47. The third-order valence-corrected chi connectivity index (χ3v) is 4.52. The molecule has 1 atom stereocenters. The first-order chi connectivity index (χ1) is 9.74. The Balaban J connectivity index is 1.66. The number of aliphatic hydroxyl groups excluding tert-OH is 1. The molecular weight excluding hydrogens is 277 g/mol. The van der Waals surface area contributed by atoms with E-state index in [0.29, 0.717) is 12.3 Å². The Hall–Kier alpha value is -1.53. The molecule has 0 radical (unpaired) electrons. The second-order valence-electron chi connectivity index (χ2n) is 5.06. The zero-order chi connectivity index (χ0) is 13.9. The second-order valence-corrected chi connectivity index (χ2v) is 6.11. The van der Waals surface area contributed by atoms with Gasteiger partial charge in [-0.3, -0.25) is 0 Å². The molecule has 1 fully saturated rings. The molecule has 1 aliphatic heterocycles. The van der Waals surface area contributed by atoms with Crippen LogP contribution in [-0.2, 0) is 6.42 Å². The van der Waals surface area contributed by atoms with Gasteiger partial charge in [-0.05, 0) is 24.1 Å². The van der Waals surface area contributed by atoms with Crippen LogP contribution in [0.25, 0.3) is 0 Å². The Bertz CT molecular complexity index is 572. The van der Waals surface area contributed by atoms with Gasteiger partial charge in [0.05, 0.1) is 0 Å². The first-order valence-corrected chi connectivity index (χ1v) is 7.49. The first-order valence-electron chi connectivity index (χ1n) is 6.67. The SMILES string of the molecule is OCC1CCN(c2nnc(Cc3ccc(F)cc3)s2)C1. The number of halogens is 1. The normalized spacial score (nSPS) is 18.7.